The number of aromatic nitrogens is 1. The summed E-state index contributed by atoms with van der Waals surface area (Å²) in [6.45, 7) is 6.46. The van der Waals surface area contributed by atoms with Crippen molar-refractivity contribution < 1.29 is 17.9 Å². The van der Waals surface area contributed by atoms with Crippen LogP contribution in [0.3, 0.4) is 0 Å². The lowest BCUT2D eigenvalue weighted by Gasteiger charge is -2.27. The van der Waals surface area contributed by atoms with Gasteiger partial charge in [-0.05, 0) is 42.0 Å². The predicted molar refractivity (Wildman–Crippen MR) is 130 cm³/mol. The van der Waals surface area contributed by atoms with Crippen molar-refractivity contribution in [3.63, 3.8) is 0 Å². The Hall–Kier alpha value is -2.33. The molecule has 1 aliphatic rings. The third kappa shape index (κ3) is 5.11. The number of methoxy groups -OCH3 is 1. The van der Waals surface area contributed by atoms with Gasteiger partial charge in [-0.25, -0.2) is 17.9 Å². The SMILES string of the molecule is COC(=O)c1c(S(=O)(=O)NCCC(C)C)sc2c1CCN(Cc1ccnc3ccccc13)C2. The van der Waals surface area contributed by atoms with Gasteiger partial charge in [0.05, 0.1) is 18.2 Å². The molecule has 1 aromatic carbocycles. The number of hydrogen-bond acceptors (Lipinski definition) is 7. The highest BCUT2D eigenvalue weighted by molar-refractivity contribution is 7.91. The number of para-hydroxylation sites is 1. The normalized spacial score (nSPS) is 14.5. The molecule has 0 fully saturated rings. The number of thiophene rings is 1. The van der Waals surface area contributed by atoms with Gasteiger partial charge in [-0.15, -0.1) is 11.3 Å². The van der Waals surface area contributed by atoms with Crippen LogP contribution in [0.2, 0.25) is 0 Å². The number of ether oxygens (including phenoxy) is 1. The van der Waals surface area contributed by atoms with Gasteiger partial charge in [0.1, 0.15) is 4.21 Å². The van der Waals surface area contributed by atoms with Gasteiger partial charge in [0.2, 0.25) is 0 Å². The molecule has 7 nitrogen and oxygen atoms in total. The second kappa shape index (κ2) is 9.89. The Kier molecular flexibility index (Phi) is 7.13. The number of pyridine rings is 1. The first-order valence-electron chi connectivity index (χ1n) is 11.1. The van der Waals surface area contributed by atoms with Gasteiger partial charge in [-0.2, -0.15) is 0 Å². The van der Waals surface area contributed by atoms with E-state index in [9.17, 15) is 13.2 Å². The van der Waals surface area contributed by atoms with Crippen molar-refractivity contribution in [2.45, 2.75) is 44.0 Å². The molecule has 0 bridgehead atoms. The Morgan fingerprint density at radius 1 is 1.27 bits per heavy atom. The van der Waals surface area contributed by atoms with Crippen LogP contribution >= 0.6 is 11.3 Å². The maximum Gasteiger partial charge on any atom is 0.340 e. The number of hydrogen-bond donors (Lipinski definition) is 1. The Bertz CT molecular complexity index is 1260. The second-order valence-corrected chi connectivity index (χ2v) is 11.8. The predicted octanol–water partition coefficient (Wildman–Crippen LogP) is 3.97. The van der Waals surface area contributed by atoms with Crippen LogP contribution in [-0.4, -0.2) is 44.5 Å². The molecule has 176 valence electrons. The number of esters is 1. The van der Waals surface area contributed by atoms with Crippen molar-refractivity contribution in [1.29, 1.82) is 0 Å². The number of nitrogens with one attached hydrogen (secondary N) is 1. The minimum absolute atomic E-state index is 0.0688. The smallest absolute Gasteiger partial charge is 0.340 e. The third-order valence-electron chi connectivity index (χ3n) is 5.88. The van der Waals surface area contributed by atoms with Gasteiger partial charge in [0.25, 0.3) is 10.0 Å². The molecule has 0 saturated carbocycles. The van der Waals surface area contributed by atoms with E-state index in [0.717, 1.165) is 40.9 Å². The minimum Gasteiger partial charge on any atom is -0.465 e. The summed E-state index contributed by atoms with van der Waals surface area (Å²) in [5.41, 5.74) is 3.13. The molecule has 1 aliphatic heterocycles. The molecule has 0 amide bonds. The molecule has 9 heteroatoms. The van der Waals surface area contributed by atoms with E-state index in [0.29, 0.717) is 25.4 Å². The maximum absolute atomic E-state index is 13.1. The summed E-state index contributed by atoms with van der Waals surface area (Å²) in [6, 6.07) is 10.1. The monoisotopic (exact) mass is 487 g/mol. The molecule has 33 heavy (non-hydrogen) atoms. The highest BCUT2D eigenvalue weighted by Gasteiger charge is 2.34. The molecule has 0 aliphatic carbocycles. The van der Waals surface area contributed by atoms with Crippen molar-refractivity contribution in [1.82, 2.24) is 14.6 Å². The van der Waals surface area contributed by atoms with Crippen LogP contribution in [0.15, 0.2) is 40.7 Å². The van der Waals surface area contributed by atoms with Gasteiger partial charge in [0.15, 0.2) is 0 Å². The maximum atomic E-state index is 13.1. The summed E-state index contributed by atoms with van der Waals surface area (Å²) in [7, 11) is -2.51. The largest absolute Gasteiger partial charge is 0.465 e. The van der Waals surface area contributed by atoms with Crippen molar-refractivity contribution in [3.8, 4) is 0 Å². The lowest BCUT2D eigenvalue weighted by molar-refractivity contribution is 0.0595. The summed E-state index contributed by atoms with van der Waals surface area (Å²) in [4.78, 5) is 20.2. The van der Waals surface area contributed by atoms with Crippen LogP contribution in [0.1, 0.15) is 46.6 Å². The molecule has 4 rings (SSSR count). The number of benzene rings is 1. The van der Waals surface area contributed by atoms with Gasteiger partial charge in [-0.3, -0.25) is 9.88 Å². The Labute approximate surface area is 198 Å². The van der Waals surface area contributed by atoms with Gasteiger partial charge >= 0.3 is 5.97 Å². The van der Waals surface area contributed by atoms with E-state index in [1.807, 2.05) is 44.3 Å². The number of rotatable bonds is 8. The molecule has 0 unspecified atom stereocenters. The molecule has 0 radical (unpaired) electrons. The first kappa shape index (κ1) is 23.8. The number of nitrogens with zero attached hydrogens (tertiary/aromatic N) is 2. The van der Waals surface area contributed by atoms with E-state index < -0.39 is 16.0 Å². The van der Waals surface area contributed by atoms with E-state index in [-0.39, 0.29) is 9.77 Å². The van der Waals surface area contributed by atoms with Crippen molar-refractivity contribution >= 4 is 38.2 Å². The number of sulfonamides is 1. The number of fused-ring (bicyclic) bond motifs is 2. The number of carbonyl (C=O) groups is 1. The quantitative estimate of drug-likeness (QED) is 0.484. The van der Waals surface area contributed by atoms with E-state index in [4.69, 9.17) is 4.74 Å². The molecular weight excluding hydrogens is 458 g/mol. The van der Waals surface area contributed by atoms with Crippen LogP contribution in [0, 0.1) is 5.92 Å². The van der Waals surface area contributed by atoms with E-state index >= 15 is 0 Å². The average molecular weight is 488 g/mol. The zero-order valence-corrected chi connectivity index (χ0v) is 20.8. The van der Waals surface area contributed by atoms with Crippen molar-refractivity contribution in [2.75, 3.05) is 20.2 Å². The molecule has 0 spiro atoms. The van der Waals surface area contributed by atoms with Gasteiger partial charge < -0.3 is 4.74 Å². The molecular formula is C24H29N3O4S2. The summed E-state index contributed by atoms with van der Waals surface area (Å²) in [5.74, 6) is -0.215. The molecule has 0 atom stereocenters. The van der Waals surface area contributed by atoms with Crippen molar-refractivity contribution in [3.05, 3.63) is 58.1 Å². The summed E-state index contributed by atoms with van der Waals surface area (Å²) < 4.78 is 33.8. The van der Waals surface area contributed by atoms with Gasteiger partial charge in [-0.1, -0.05) is 32.0 Å². The van der Waals surface area contributed by atoms with E-state index in [1.165, 1.54) is 24.0 Å². The zero-order chi connectivity index (χ0) is 23.6. The zero-order valence-electron chi connectivity index (χ0n) is 19.1. The van der Waals surface area contributed by atoms with Crippen LogP contribution in [0.4, 0.5) is 0 Å². The number of carbonyl (C=O) groups excluding carboxylic acids is 1. The van der Waals surface area contributed by atoms with Crippen LogP contribution in [0.25, 0.3) is 10.9 Å². The van der Waals surface area contributed by atoms with Crippen LogP contribution < -0.4 is 4.72 Å². The highest BCUT2D eigenvalue weighted by atomic mass is 32.2. The molecule has 2 aromatic heterocycles. The first-order valence-corrected chi connectivity index (χ1v) is 13.4. The summed E-state index contributed by atoms with van der Waals surface area (Å²) in [6.07, 6.45) is 3.15. The average Bonchev–Trinajstić information content (AvgIpc) is 3.18. The third-order valence-corrected chi connectivity index (χ3v) is 9.08. The van der Waals surface area contributed by atoms with Crippen molar-refractivity contribution in [2.24, 2.45) is 5.92 Å². The minimum atomic E-state index is -3.80. The Morgan fingerprint density at radius 2 is 2.06 bits per heavy atom. The van der Waals surface area contributed by atoms with E-state index in [2.05, 4.69) is 20.7 Å². The topological polar surface area (TPSA) is 88.6 Å². The Morgan fingerprint density at radius 3 is 2.82 bits per heavy atom. The second-order valence-electron chi connectivity index (χ2n) is 8.69. The first-order chi connectivity index (χ1) is 15.8. The van der Waals surface area contributed by atoms with Crippen LogP contribution in [0.5, 0.6) is 0 Å². The fraction of sp³-hybridized carbons (Fsp3) is 0.417. The molecule has 1 N–H and O–H groups in total. The fourth-order valence-corrected chi connectivity index (χ4v) is 7.16. The highest BCUT2D eigenvalue weighted by Crippen LogP contribution is 2.37. The fourth-order valence-electron chi connectivity index (χ4n) is 4.15. The lowest BCUT2D eigenvalue weighted by Crippen LogP contribution is -2.30. The Balaban J connectivity index is 1.61. The summed E-state index contributed by atoms with van der Waals surface area (Å²) in [5, 5.41) is 1.12. The summed E-state index contributed by atoms with van der Waals surface area (Å²) >= 11 is 1.18. The standard InChI is InChI=1S/C24H29N3O4S2/c1-16(2)8-12-26-33(29,30)24-22(23(28)31-3)19-10-13-27(15-21(19)32-24)14-17-9-11-25-20-7-5-4-6-18(17)20/h4-7,9,11,16,26H,8,10,12-15H2,1-3H3. The van der Waals surface area contributed by atoms with Gasteiger partial charge in [0, 0.05) is 42.6 Å². The molecule has 3 heterocycles. The molecule has 3 aromatic rings. The molecule has 0 saturated heterocycles. The van der Waals surface area contributed by atoms with Crippen LogP contribution in [-0.2, 0) is 34.3 Å². The lowest BCUT2D eigenvalue weighted by atomic mass is 10.0. The van der Waals surface area contributed by atoms with E-state index in [1.54, 1.807) is 0 Å².